The van der Waals surface area contributed by atoms with Gasteiger partial charge in [0.15, 0.2) is 0 Å². The van der Waals surface area contributed by atoms with Crippen LogP contribution < -0.4 is 10.1 Å². The molecule has 8 heteroatoms. The van der Waals surface area contributed by atoms with Crippen molar-refractivity contribution in [2.45, 2.75) is 38.0 Å². The van der Waals surface area contributed by atoms with Gasteiger partial charge in [0.25, 0.3) is 0 Å². The second-order valence-electron chi connectivity index (χ2n) is 8.01. The molecule has 0 bridgehead atoms. The van der Waals surface area contributed by atoms with Gasteiger partial charge in [-0.05, 0) is 31.4 Å². The Morgan fingerprint density at radius 3 is 3.03 bits per heavy atom. The summed E-state index contributed by atoms with van der Waals surface area (Å²) in [4.78, 5) is 26.6. The Kier molecular flexibility index (Phi) is 5.00. The zero-order valence-electron chi connectivity index (χ0n) is 16.6. The van der Waals surface area contributed by atoms with Crippen LogP contribution in [-0.2, 0) is 11.3 Å². The average molecular weight is 407 g/mol. The molecule has 1 aromatic carbocycles. The number of fused-ring (bicyclic) bond motifs is 2. The van der Waals surface area contributed by atoms with Crippen LogP contribution in [0.4, 0.5) is 5.82 Å². The number of aliphatic hydroxyl groups excluding tert-OH is 1. The highest BCUT2D eigenvalue weighted by Gasteiger charge is 2.35. The number of amides is 1. The van der Waals surface area contributed by atoms with Gasteiger partial charge in [0.2, 0.25) is 5.91 Å². The maximum absolute atomic E-state index is 13.2. The van der Waals surface area contributed by atoms with E-state index in [0.717, 1.165) is 28.8 Å². The van der Waals surface area contributed by atoms with Crippen molar-refractivity contribution in [3.05, 3.63) is 48.4 Å². The molecular formula is C22H25N5O3. The largest absolute Gasteiger partial charge is 0.491 e. The van der Waals surface area contributed by atoms with Gasteiger partial charge in [-0.2, -0.15) is 0 Å². The lowest BCUT2D eigenvalue weighted by molar-refractivity contribution is -0.138. The van der Waals surface area contributed by atoms with Crippen molar-refractivity contribution in [3.63, 3.8) is 0 Å². The number of aliphatic hydroxyl groups is 1. The summed E-state index contributed by atoms with van der Waals surface area (Å²) in [7, 11) is 0. The second-order valence-corrected chi connectivity index (χ2v) is 8.01. The lowest BCUT2D eigenvalue weighted by Gasteiger charge is -2.35. The predicted molar refractivity (Wildman–Crippen MR) is 112 cm³/mol. The van der Waals surface area contributed by atoms with Crippen LogP contribution in [-0.4, -0.2) is 56.2 Å². The Labute approximate surface area is 174 Å². The minimum absolute atomic E-state index is 0.0999. The molecule has 3 aromatic rings. The Morgan fingerprint density at radius 2 is 2.13 bits per heavy atom. The number of anilines is 1. The van der Waals surface area contributed by atoms with Gasteiger partial charge in [-0.25, -0.2) is 9.97 Å². The van der Waals surface area contributed by atoms with Gasteiger partial charge in [0.05, 0.1) is 24.1 Å². The number of carbonyl (C=O) groups is 1. The lowest BCUT2D eigenvalue weighted by Crippen LogP contribution is -2.45. The number of nitrogens with zero attached hydrogens (tertiary/aromatic N) is 3. The fourth-order valence-electron chi connectivity index (χ4n) is 4.47. The molecule has 1 fully saturated rings. The van der Waals surface area contributed by atoms with Gasteiger partial charge < -0.3 is 25.0 Å². The fraction of sp³-hybridized carbons (Fsp3) is 0.409. The zero-order valence-corrected chi connectivity index (χ0v) is 16.6. The van der Waals surface area contributed by atoms with E-state index < -0.39 is 6.10 Å². The molecule has 0 saturated heterocycles. The van der Waals surface area contributed by atoms with Gasteiger partial charge in [-0.3, -0.25) is 4.79 Å². The van der Waals surface area contributed by atoms with E-state index in [1.54, 1.807) is 0 Å². The maximum atomic E-state index is 13.2. The summed E-state index contributed by atoms with van der Waals surface area (Å²) in [5.74, 6) is 1.47. The summed E-state index contributed by atoms with van der Waals surface area (Å²) >= 11 is 0. The zero-order chi connectivity index (χ0) is 20.5. The molecular weight excluding hydrogens is 382 g/mol. The van der Waals surface area contributed by atoms with Gasteiger partial charge in [-0.15, -0.1) is 0 Å². The van der Waals surface area contributed by atoms with E-state index in [1.165, 1.54) is 6.33 Å². The van der Waals surface area contributed by atoms with Crippen LogP contribution in [0.3, 0.4) is 0 Å². The number of aromatic nitrogens is 3. The average Bonchev–Trinajstić information content (AvgIpc) is 3.14. The number of nitrogens with one attached hydrogen (secondary N) is 2. The molecule has 1 amide bonds. The van der Waals surface area contributed by atoms with Crippen LogP contribution >= 0.6 is 0 Å². The van der Waals surface area contributed by atoms with E-state index in [4.69, 9.17) is 4.74 Å². The van der Waals surface area contributed by atoms with E-state index in [-0.39, 0.29) is 17.9 Å². The standard InChI is InChI=1S/C22H25N5O3/c28-18-11-14(22(29)27-9-10-30-19-4-2-1-3-15(19)12-27)5-6-17(18)26-21-16-7-8-23-20(16)24-13-25-21/h1-4,7-8,13-14,17-18,28H,5-6,9-12H2,(H2,23,24,25,26)/t14-,17-,18-/m0/s1. The summed E-state index contributed by atoms with van der Waals surface area (Å²) in [5.41, 5.74) is 1.79. The molecule has 3 heterocycles. The van der Waals surface area contributed by atoms with Crippen molar-refractivity contribution < 1.29 is 14.6 Å². The van der Waals surface area contributed by atoms with E-state index in [2.05, 4.69) is 20.3 Å². The van der Waals surface area contributed by atoms with Crippen LogP contribution in [0.1, 0.15) is 24.8 Å². The number of H-pyrrole nitrogens is 1. The van der Waals surface area contributed by atoms with Crippen LogP contribution in [0, 0.1) is 5.92 Å². The number of hydrogen-bond donors (Lipinski definition) is 3. The summed E-state index contributed by atoms with van der Waals surface area (Å²) in [6.45, 7) is 1.60. The third kappa shape index (κ3) is 3.59. The first-order chi connectivity index (χ1) is 14.7. The van der Waals surface area contributed by atoms with Crippen LogP contribution in [0.25, 0.3) is 11.0 Å². The smallest absolute Gasteiger partial charge is 0.226 e. The molecule has 1 aliphatic heterocycles. The first-order valence-corrected chi connectivity index (χ1v) is 10.4. The number of rotatable bonds is 3. The van der Waals surface area contributed by atoms with E-state index in [0.29, 0.717) is 38.4 Å². The molecule has 3 N–H and O–H groups in total. The Balaban J connectivity index is 1.24. The SMILES string of the molecule is O=C([C@H]1CC[C@H](Nc2ncnc3[nH]ccc23)[C@@H](O)C1)N1CCOc2ccccc2C1. The van der Waals surface area contributed by atoms with Crippen molar-refractivity contribution in [3.8, 4) is 5.75 Å². The highest BCUT2D eigenvalue weighted by molar-refractivity contribution is 5.86. The van der Waals surface area contributed by atoms with Crippen molar-refractivity contribution in [2.24, 2.45) is 5.92 Å². The minimum Gasteiger partial charge on any atom is -0.491 e. The molecule has 0 radical (unpaired) electrons. The van der Waals surface area contributed by atoms with E-state index in [9.17, 15) is 9.90 Å². The monoisotopic (exact) mass is 407 g/mol. The van der Waals surface area contributed by atoms with Crippen LogP contribution in [0.5, 0.6) is 5.75 Å². The quantitative estimate of drug-likeness (QED) is 0.616. The van der Waals surface area contributed by atoms with Crippen LogP contribution in [0.2, 0.25) is 0 Å². The van der Waals surface area contributed by atoms with Crippen molar-refractivity contribution in [1.29, 1.82) is 0 Å². The Bertz CT molecular complexity index is 1050. The molecule has 5 rings (SSSR count). The topological polar surface area (TPSA) is 103 Å². The number of carbonyl (C=O) groups excluding carboxylic acids is 1. The number of benzene rings is 1. The lowest BCUT2D eigenvalue weighted by atomic mass is 9.83. The molecule has 1 saturated carbocycles. The summed E-state index contributed by atoms with van der Waals surface area (Å²) < 4.78 is 5.78. The third-order valence-electron chi connectivity index (χ3n) is 6.11. The first kappa shape index (κ1) is 18.9. The van der Waals surface area contributed by atoms with Crippen molar-refractivity contribution in [2.75, 3.05) is 18.5 Å². The van der Waals surface area contributed by atoms with Gasteiger partial charge >= 0.3 is 0 Å². The number of ether oxygens (including phenoxy) is 1. The fourth-order valence-corrected chi connectivity index (χ4v) is 4.47. The Hall–Kier alpha value is -3.13. The second kappa shape index (κ2) is 7.95. The highest BCUT2D eigenvalue weighted by atomic mass is 16.5. The van der Waals surface area contributed by atoms with Crippen molar-refractivity contribution in [1.82, 2.24) is 19.9 Å². The van der Waals surface area contributed by atoms with E-state index >= 15 is 0 Å². The maximum Gasteiger partial charge on any atom is 0.226 e. The molecule has 2 aliphatic rings. The number of para-hydroxylation sites is 1. The van der Waals surface area contributed by atoms with Gasteiger partial charge in [0, 0.05) is 24.2 Å². The third-order valence-corrected chi connectivity index (χ3v) is 6.11. The molecule has 0 unspecified atom stereocenters. The minimum atomic E-state index is -0.618. The molecule has 8 nitrogen and oxygen atoms in total. The first-order valence-electron chi connectivity index (χ1n) is 10.4. The molecule has 1 aliphatic carbocycles. The normalized spacial score (nSPS) is 24.0. The number of hydrogen-bond acceptors (Lipinski definition) is 6. The van der Waals surface area contributed by atoms with Crippen LogP contribution in [0.15, 0.2) is 42.9 Å². The summed E-state index contributed by atoms with van der Waals surface area (Å²) in [6, 6.07) is 9.62. The van der Waals surface area contributed by atoms with Gasteiger partial charge in [0.1, 0.15) is 30.1 Å². The molecule has 156 valence electrons. The summed E-state index contributed by atoms with van der Waals surface area (Å²) in [6.07, 6.45) is 4.58. The van der Waals surface area contributed by atoms with Crippen molar-refractivity contribution >= 4 is 22.8 Å². The van der Waals surface area contributed by atoms with Gasteiger partial charge in [-0.1, -0.05) is 18.2 Å². The highest BCUT2D eigenvalue weighted by Crippen LogP contribution is 2.31. The molecule has 30 heavy (non-hydrogen) atoms. The molecule has 2 aromatic heterocycles. The molecule has 0 spiro atoms. The van der Waals surface area contributed by atoms with E-state index in [1.807, 2.05) is 41.4 Å². The predicted octanol–water partition coefficient (Wildman–Crippen LogP) is 2.32. The summed E-state index contributed by atoms with van der Waals surface area (Å²) in [5, 5.41) is 15.0. The molecule has 3 atom stereocenters. The Morgan fingerprint density at radius 1 is 1.23 bits per heavy atom. The number of aromatic amines is 1.